The normalized spacial score (nSPS) is 24.8. The molecular formula is C26H30N4O3. The first-order valence-corrected chi connectivity index (χ1v) is 11.7. The van der Waals surface area contributed by atoms with E-state index >= 15 is 0 Å². The molecule has 0 radical (unpaired) electrons. The van der Waals surface area contributed by atoms with Gasteiger partial charge in [-0.1, -0.05) is 18.2 Å². The van der Waals surface area contributed by atoms with Crippen molar-refractivity contribution in [3.05, 3.63) is 53.6 Å². The fourth-order valence-electron chi connectivity index (χ4n) is 5.69. The highest BCUT2D eigenvalue weighted by atomic mass is 16.5. The summed E-state index contributed by atoms with van der Waals surface area (Å²) in [5.74, 6) is 0.345. The number of aliphatic hydroxyl groups is 1. The molecule has 5 rings (SSSR count). The summed E-state index contributed by atoms with van der Waals surface area (Å²) < 4.78 is 5.43. The Labute approximate surface area is 194 Å². The van der Waals surface area contributed by atoms with Gasteiger partial charge in [0, 0.05) is 38.3 Å². The van der Waals surface area contributed by atoms with Crippen LogP contribution in [0.4, 0.5) is 5.69 Å². The Morgan fingerprint density at radius 1 is 1.12 bits per heavy atom. The maximum atomic E-state index is 13.4. The minimum atomic E-state index is -0.0415. The molecule has 0 unspecified atom stereocenters. The van der Waals surface area contributed by atoms with E-state index in [9.17, 15) is 9.90 Å². The molecule has 2 saturated heterocycles. The van der Waals surface area contributed by atoms with Gasteiger partial charge in [-0.2, -0.15) is 5.26 Å². The van der Waals surface area contributed by atoms with Crippen molar-refractivity contribution in [2.45, 2.75) is 18.5 Å². The van der Waals surface area contributed by atoms with Crippen molar-refractivity contribution in [3.8, 4) is 17.2 Å². The summed E-state index contributed by atoms with van der Waals surface area (Å²) in [5.41, 5.74) is 4.96. The van der Waals surface area contributed by atoms with Gasteiger partial charge in [0.25, 0.3) is 0 Å². The van der Waals surface area contributed by atoms with E-state index in [1.54, 1.807) is 0 Å². The number of fused-ring (bicyclic) bond motifs is 3. The van der Waals surface area contributed by atoms with Gasteiger partial charge in [0.15, 0.2) is 0 Å². The van der Waals surface area contributed by atoms with E-state index in [2.05, 4.69) is 34.1 Å². The smallest absolute Gasteiger partial charge is 0.237 e. The van der Waals surface area contributed by atoms with E-state index in [1.165, 1.54) is 0 Å². The van der Waals surface area contributed by atoms with Gasteiger partial charge in [0.1, 0.15) is 0 Å². The lowest BCUT2D eigenvalue weighted by molar-refractivity contribution is -0.135. The predicted octanol–water partition coefficient (Wildman–Crippen LogP) is 2.26. The van der Waals surface area contributed by atoms with Gasteiger partial charge in [-0.15, -0.1) is 0 Å². The third-order valence-corrected chi connectivity index (χ3v) is 7.48. The number of hydrogen-bond acceptors (Lipinski definition) is 6. The van der Waals surface area contributed by atoms with Gasteiger partial charge in [-0.05, 0) is 47.4 Å². The van der Waals surface area contributed by atoms with Crippen molar-refractivity contribution in [1.29, 1.82) is 5.26 Å². The molecule has 3 heterocycles. The number of rotatable bonds is 4. The molecule has 0 spiro atoms. The maximum absolute atomic E-state index is 13.4. The monoisotopic (exact) mass is 446 g/mol. The van der Waals surface area contributed by atoms with Gasteiger partial charge in [-0.3, -0.25) is 9.69 Å². The molecule has 172 valence electrons. The van der Waals surface area contributed by atoms with Crippen LogP contribution >= 0.6 is 0 Å². The third-order valence-electron chi connectivity index (χ3n) is 7.48. The van der Waals surface area contributed by atoms with E-state index in [0.29, 0.717) is 31.9 Å². The number of carbonyl (C=O) groups is 1. The largest absolute Gasteiger partial charge is 0.394 e. The Bertz CT molecular complexity index is 1060. The average Bonchev–Trinajstić information content (AvgIpc) is 3.30. The minimum absolute atomic E-state index is 0.00977. The van der Waals surface area contributed by atoms with Gasteiger partial charge >= 0.3 is 0 Å². The van der Waals surface area contributed by atoms with Crippen LogP contribution in [0.3, 0.4) is 0 Å². The molecule has 1 N–H and O–H groups in total. The number of morpholine rings is 1. The Hall–Kier alpha value is -2.92. The summed E-state index contributed by atoms with van der Waals surface area (Å²) >= 11 is 0. The summed E-state index contributed by atoms with van der Waals surface area (Å²) in [5, 5.41) is 19.3. The molecule has 0 aliphatic carbocycles. The first kappa shape index (κ1) is 21.9. The number of aliphatic hydroxyl groups excluding tert-OH is 1. The number of nitriles is 1. The van der Waals surface area contributed by atoms with Crippen molar-refractivity contribution >= 4 is 11.6 Å². The molecule has 33 heavy (non-hydrogen) atoms. The van der Waals surface area contributed by atoms with Crippen LogP contribution in [-0.2, 0) is 9.53 Å². The lowest BCUT2D eigenvalue weighted by Gasteiger charge is -2.45. The summed E-state index contributed by atoms with van der Waals surface area (Å²) in [4.78, 5) is 19.8. The Morgan fingerprint density at radius 3 is 2.55 bits per heavy atom. The molecule has 3 aliphatic heterocycles. The van der Waals surface area contributed by atoms with E-state index in [-0.39, 0.29) is 30.5 Å². The van der Waals surface area contributed by atoms with Crippen molar-refractivity contribution in [3.63, 3.8) is 0 Å². The summed E-state index contributed by atoms with van der Waals surface area (Å²) in [7, 11) is 2.04. The zero-order chi connectivity index (χ0) is 22.9. The number of carbonyl (C=O) groups excluding carboxylic acids is 1. The predicted molar refractivity (Wildman–Crippen MR) is 126 cm³/mol. The standard InChI is InChI=1S/C26H30N4O3/c1-28-23-7-6-20(19-4-2-18(15-27)3-5-19)14-22(23)26-21(24(28)17-31)8-9-30(26)25(32)16-29-10-12-33-13-11-29/h2-7,14,21,24,26,31H,8-13,16-17H2,1H3/t21-,24+,26-/m1/s1. The number of benzene rings is 2. The van der Waals surface area contributed by atoms with Gasteiger partial charge in [0.2, 0.25) is 5.91 Å². The number of likely N-dealkylation sites (tertiary alicyclic amines) is 1. The molecule has 7 nitrogen and oxygen atoms in total. The quantitative estimate of drug-likeness (QED) is 0.776. The molecule has 2 aromatic rings. The number of amides is 1. The molecule has 0 bridgehead atoms. The molecule has 7 heteroatoms. The molecule has 3 aliphatic rings. The number of likely N-dealkylation sites (N-methyl/N-ethyl adjacent to an activating group) is 1. The SMILES string of the molecule is CN1c2ccc(-c3ccc(C#N)cc3)cc2[C@H]2[C@H](CCN2C(=O)CN2CCOCC2)[C@@H]1CO. The third kappa shape index (κ3) is 3.99. The van der Waals surface area contributed by atoms with E-state index in [1.807, 2.05) is 36.2 Å². The molecular weight excluding hydrogens is 416 g/mol. The van der Waals surface area contributed by atoms with E-state index < -0.39 is 0 Å². The Kier molecular flexibility index (Phi) is 6.07. The second-order valence-electron chi connectivity index (χ2n) is 9.20. The molecule has 1 amide bonds. The van der Waals surface area contributed by atoms with Crippen LogP contribution in [0.25, 0.3) is 11.1 Å². The van der Waals surface area contributed by atoms with Gasteiger partial charge < -0.3 is 19.6 Å². The van der Waals surface area contributed by atoms with Crippen LogP contribution in [0, 0.1) is 17.2 Å². The first-order chi connectivity index (χ1) is 16.1. The maximum Gasteiger partial charge on any atom is 0.237 e. The van der Waals surface area contributed by atoms with Crippen LogP contribution in [0.15, 0.2) is 42.5 Å². The second kappa shape index (κ2) is 9.14. The van der Waals surface area contributed by atoms with Gasteiger partial charge in [-0.25, -0.2) is 0 Å². The van der Waals surface area contributed by atoms with Crippen LogP contribution in [0.2, 0.25) is 0 Å². The van der Waals surface area contributed by atoms with Crippen molar-refractivity contribution < 1.29 is 14.6 Å². The van der Waals surface area contributed by atoms with E-state index in [4.69, 9.17) is 10.00 Å². The van der Waals surface area contributed by atoms with Crippen LogP contribution < -0.4 is 4.90 Å². The second-order valence-corrected chi connectivity index (χ2v) is 9.20. The topological polar surface area (TPSA) is 80.0 Å². The van der Waals surface area contributed by atoms with Crippen LogP contribution in [0.1, 0.15) is 23.6 Å². The fraction of sp³-hybridized carbons (Fsp3) is 0.462. The van der Waals surface area contributed by atoms with Crippen LogP contribution in [0.5, 0.6) is 0 Å². The number of anilines is 1. The first-order valence-electron chi connectivity index (χ1n) is 11.7. The zero-order valence-corrected chi connectivity index (χ0v) is 19.0. The van der Waals surface area contributed by atoms with Crippen molar-refractivity contribution in [1.82, 2.24) is 9.80 Å². The highest BCUT2D eigenvalue weighted by molar-refractivity contribution is 5.80. The van der Waals surface area contributed by atoms with Crippen molar-refractivity contribution in [2.75, 3.05) is 57.9 Å². The molecule has 0 aromatic heterocycles. The molecule has 2 fully saturated rings. The molecule has 2 aromatic carbocycles. The van der Waals surface area contributed by atoms with Crippen molar-refractivity contribution in [2.24, 2.45) is 5.92 Å². The molecule has 3 atom stereocenters. The van der Waals surface area contributed by atoms with Crippen LogP contribution in [-0.4, -0.2) is 79.9 Å². The number of hydrogen-bond donors (Lipinski definition) is 1. The summed E-state index contributed by atoms with van der Waals surface area (Å²) in [6, 6.07) is 16.1. The summed E-state index contributed by atoms with van der Waals surface area (Å²) in [6.45, 7) is 4.12. The lowest BCUT2D eigenvalue weighted by Crippen LogP contribution is -2.50. The lowest BCUT2D eigenvalue weighted by atomic mass is 9.81. The van der Waals surface area contributed by atoms with Gasteiger partial charge in [0.05, 0.1) is 50.1 Å². The number of nitrogens with zero attached hydrogens (tertiary/aromatic N) is 4. The molecule has 0 saturated carbocycles. The summed E-state index contributed by atoms with van der Waals surface area (Å²) in [6.07, 6.45) is 0.885. The average molecular weight is 447 g/mol. The Morgan fingerprint density at radius 2 is 1.85 bits per heavy atom. The highest BCUT2D eigenvalue weighted by Gasteiger charge is 2.47. The fourth-order valence-corrected chi connectivity index (χ4v) is 5.69. The number of ether oxygens (including phenoxy) is 1. The highest BCUT2D eigenvalue weighted by Crippen LogP contribution is 2.49. The minimum Gasteiger partial charge on any atom is -0.394 e. The van der Waals surface area contributed by atoms with E-state index in [0.717, 1.165) is 41.9 Å². The zero-order valence-electron chi connectivity index (χ0n) is 19.0. The Balaban J connectivity index is 1.49.